The van der Waals surface area contributed by atoms with Crippen molar-refractivity contribution in [2.75, 3.05) is 61.2 Å². The fourth-order valence-corrected chi connectivity index (χ4v) is 3.91. The summed E-state index contributed by atoms with van der Waals surface area (Å²) in [5, 5.41) is 0. The predicted octanol–water partition coefficient (Wildman–Crippen LogP) is 3.44. The van der Waals surface area contributed by atoms with Crippen molar-refractivity contribution in [3.05, 3.63) is 41.5 Å². The summed E-state index contributed by atoms with van der Waals surface area (Å²) in [4.78, 5) is 4.92. The van der Waals surface area contributed by atoms with Crippen molar-refractivity contribution in [1.29, 1.82) is 0 Å². The van der Waals surface area contributed by atoms with Crippen LogP contribution in [0.5, 0.6) is 28.7 Å². The molecule has 2 aromatic carbocycles. The Morgan fingerprint density at radius 2 is 1.23 bits per heavy atom. The Hall–Kier alpha value is -2.64. The number of piperazine rings is 1. The Kier molecular flexibility index (Phi) is 8.26. The van der Waals surface area contributed by atoms with Crippen LogP contribution >= 0.6 is 0 Å². The van der Waals surface area contributed by atoms with Crippen LogP contribution in [-0.4, -0.2) is 71.0 Å². The lowest BCUT2D eigenvalue weighted by Crippen LogP contribution is -2.45. The minimum absolute atomic E-state index is 0.623. The van der Waals surface area contributed by atoms with Gasteiger partial charge in [-0.1, -0.05) is 6.07 Å². The lowest BCUT2D eigenvalue weighted by molar-refractivity contribution is 0.121. The van der Waals surface area contributed by atoms with Crippen molar-refractivity contribution in [3.63, 3.8) is 0 Å². The standard InChI is InChI=1S/C24H34N2O5/c1-6-31-24-13-18(7-8-20(24)27-2)16-25-9-11-26(12-10-25)17-19-14-22(29-4)23(30-5)15-21(19)28-3/h7-8,13-15H,6,9-12,16-17H2,1-5H3. The van der Waals surface area contributed by atoms with Gasteiger partial charge in [-0.3, -0.25) is 9.80 Å². The molecule has 0 N–H and O–H groups in total. The van der Waals surface area contributed by atoms with Crippen LogP contribution in [0.3, 0.4) is 0 Å². The van der Waals surface area contributed by atoms with E-state index in [2.05, 4.69) is 21.9 Å². The van der Waals surface area contributed by atoms with E-state index in [1.54, 1.807) is 28.4 Å². The molecule has 7 nitrogen and oxygen atoms in total. The third-order valence-corrected chi connectivity index (χ3v) is 5.58. The van der Waals surface area contributed by atoms with Gasteiger partial charge in [0.05, 0.1) is 35.0 Å². The molecule has 3 rings (SSSR count). The summed E-state index contributed by atoms with van der Waals surface area (Å²) in [7, 11) is 6.65. The molecule has 0 bridgehead atoms. The van der Waals surface area contributed by atoms with Gasteiger partial charge in [0, 0.05) is 50.9 Å². The van der Waals surface area contributed by atoms with Crippen LogP contribution in [0.15, 0.2) is 30.3 Å². The number of hydrogen-bond donors (Lipinski definition) is 0. The summed E-state index contributed by atoms with van der Waals surface area (Å²) in [5.41, 5.74) is 2.34. The SMILES string of the molecule is CCOc1cc(CN2CCN(Cc3cc(OC)c(OC)cc3OC)CC2)ccc1OC. The van der Waals surface area contributed by atoms with Gasteiger partial charge in [0.2, 0.25) is 0 Å². The number of methoxy groups -OCH3 is 4. The van der Waals surface area contributed by atoms with Crippen LogP contribution in [0.1, 0.15) is 18.1 Å². The zero-order valence-corrected chi connectivity index (χ0v) is 19.3. The summed E-state index contributed by atoms with van der Waals surface area (Å²) in [6.07, 6.45) is 0. The Balaban J connectivity index is 1.60. The molecule has 0 spiro atoms. The minimum atomic E-state index is 0.623. The monoisotopic (exact) mass is 430 g/mol. The molecule has 0 aromatic heterocycles. The van der Waals surface area contributed by atoms with Gasteiger partial charge in [0.1, 0.15) is 5.75 Å². The van der Waals surface area contributed by atoms with Gasteiger partial charge in [-0.15, -0.1) is 0 Å². The summed E-state index contributed by atoms with van der Waals surface area (Å²) < 4.78 is 27.5. The quantitative estimate of drug-likeness (QED) is 0.572. The number of nitrogens with zero attached hydrogens (tertiary/aromatic N) is 2. The molecule has 1 fully saturated rings. The summed E-state index contributed by atoms with van der Waals surface area (Å²) >= 11 is 0. The zero-order chi connectivity index (χ0) is 22.2. The third kappa shape index (κ3) is 5.74. The zero-order valence-electron chi connectivity index (χ0n) is 19.3. The second-order valence-corrected chi connectivity index (χ2v) is 7.49. The molecular formula is C24H34N2O5. The van der Waals surface area contributed by atoms with Gasteiger partial charge < -0.3 is 23.7 Å². The molecule has 1 aliphatic rings. The first-order chi connectivity index (χ1) is 15.1. The second-order valence-electron chi connectivity index (χ2n) is 7.49. The molecule has 0 amide bonds. The second kappa shape index (κ2) is 11.1. The summed E-state index contributed by atoms with van der Waals surface area (Å²) in [6.45, 7) is 8.32. The van der Waals surface area contributed by atoms with Crippen molar-refractivity contribution >= 4 is 0 Å². The van der Waals surface area contributed by atoms with Gasteiger partial charge in [0.15, 0.2) is 23.0 Å². The molecule has 0 saturated carbocycles. The Labute approximate surface area is 185 Å². The van der Waals surface area contributed by atoms with Crippen molar-refractivity contribution in [3.8, 4) is 28.7 Å². The summed E-state index contributed by atoms with van der Waals surface area (Å²) in [5.74, 6) is 3.81. The first-order valence-corrected chi connectivity index (χ1v) is 10.6. The van der Waals surface area contributed by atoms with Crippen LogP contribution in [-0.2, 0) is 13.1 Å². The van der Waals surface area contributed by atoms with E-state index in [0.717, 1.165) is 67.8 Å². The van der Waals surface area contributed by atoms with E-state index in [1.165, 1.54) is 5.56 Å². The maximum atomic E-state index is 5.72. The number of ether oxygens (including phenoxy) is 5. The molecule has 1 aliphatic heterocycles. The Morgan fingerprint density at radius 3 is 1.81 bits per heavy atom. The highest BCUT2D eigenvalue weighted by atomic mass is 16.5. The molecule has 1 heterocycles. The highest BCUT2D eigenvalue weighted by molar-refractivity contribution is 5.50. The van der Waals surface area contributed by atoms with E-state index in [0.29, 0.717) is 12.4 Å². The predicted molar refractivity (Wildman–Crippen MR) is 121 cm³/mol. The van der Waals surface area contributed by atoms with Crippen LogP contribution in [0.25, 0.3) is 0 Å². The van der Waals surface area contributed by atoms with Crippen LogP contribution in [0, 0.1) is 0 Å². The molecule has 2 aromatic rings. The molecule has 170 valence electrons. The van der Waals surface area contributed by atoms with Gasteiger partial charge in [-0.05, 0) is 30.7 Å². The third-order valence-electron chi connectivity index (χ3n) is 5.58. The lowest BCUT2D eigenvalue weighted by atomic mass is 10.1. The number of hydrogen-bond acceptors (Lipinski definition) is 7. The van der Waals surface area contributed by atoms with Crippen LogP contribution in [0.2, 0.25) is 0 Å². The van der Waals surface area contributed by atoms with Crippen molar-refractivity contribution in [2.45, 2.75) is 20.0 Å². The van der Waals surface area contributed by atoms with Gasteiger partial charge in [-0.2, -0.15) is 0 Å². The maximum absolute atomic E-state index is 5.72. The van der Waals surface area contributed by atoms with E-state index >= 15 is 0 Å². The van der Waals surface area contributed by atoms with E-state index in [-0.39, 0.29) is 0 Å². The lowest BCUT2D eigenvalue weighted by Gasteiger charge is -2.35. The first kappa shape index (κ1) is 23.0. The normalized spacial score (nSPS) is 14.9. The molecule has 0 unspecified atom stereocenters. The van der Waals surface area contributed by atoms with E-state index < -0.39 is 0 Å². The average molecular weight is 431 g/mol. The Bertz CT molecular complexity index is 850. The molecule has 0 radical (unpaired) electrons. The van der Waals surface area contributed by atoms with E-state index in [1.807, 2.05) is 25.1 Å². The number of rotatable bonds is 10. The van der Waals surface area contributed by atoms with Crippen molar-refractivity contribution in [1.82, 2.24) is 9.80 Å². The van der Waals surface area contributed by atoms with Gasteiger partial charge in [-0.25, -0.2) is 0 Å². The van der Waals surface area contributed by atoms with E-state index in [4.69, 9.17) is 23.7 Å². The molecule has 0 atom stereocenters. The average Bonchev–Trinajstić information content (AvgIpc) is 2.80. The fraction of sp³-hybridized carbons (Fsp3) is 0.500. The largest absolute Gasteiger partial charge is 0.496 e. The van der Waals surface area contributed by atoms with E-state index in [9.17, 15) is 0 Å². The smallest absolute Gasteiger partial charge is 0.164 e. The molecule has 0 aliphatic carbocycles. The van der Waals surface area contributed by atoms with Gasteiger partial charge >= 0.3 is 0 Å². The molecule has 7 heteroatoms. The molecular weight excluding hydrogens is 396 g/mol. The summed E-state index contributed by atoms with van der Waals surface area (Å²) in [6, 6.07) is 10.1. The molecule has 1 saturated heterocycles. The Morgan fingerprint density at radius 1 is 0.645 bits per heavy atom. The van der Waals surface area contributed by atoms with Crippen LogP contribution < -0.4 is 23.7 Å². The van der Waals surface area contributed by atoms with Crippen molar-refractivity contribution in [2.24, 2.45) is 0 Å². The van der Waals surface area contributed by atoms with Crippen molar-refractivity contribution < 1.29 is 23.7 Å². The minimum Gasteiger partial charge on any atom is -0.496 e. The maximum Gasteiger partial charge on any atom is 0.164 e. The topological polar surface area (TPSA) is 52.6 Å². The number of benzene rings is 2. The first-order valence-electron chi connectivity index (χ1n) is 10.6. The highest BCUT2D eigenvalue weighted by Gasteiger charge is 2.20. The van der Waals surface area contributed by atoms with Gasteiger partial charge in [0.25, 0.3) is 0 Å². The highest BCUT2D eigenvalue weighted by Crippen LogP contribution is 2.35. The van der Waals surface area contributed by atoms with Crippen LogP contribution in [0.4, 0.5) is 0 Å². The fourth-order valence-electron chi connectivity index (χ4n) is 3.91. The molecule has 31 heavy (non-hydrogen) atoms.